The highest BCUT2D eigenvalue weighted by Gasteiger charge is 2.01. The van der Waals surface area contributed by atoms with Crippen molar-refractivity contribution < 1.29 is 24.6 Å². The van der Waals surface area contributed by atoms with Gasteiger partial charge < -0.3 is 10.2 Å². The number of carbonyl (C=O) groups excluding carboxylic acids is 1. The maximum Gasteiger partial charge on any atom is 0.335 e. The minimum absolute atomic E-state index is 0.213. The molecule has 0 saturated carbocycles. The molecule has 0 aromatic carbocycles. The second-order valence-electron chi connectivity index (χ2n) is 2.57. The molecule has 0 aliphatic heterocycles. The number of hydrogen-bond donors (Lipinski definition) is 2. The van der Waals surface area contributed by atoms with Crippen molar-refractivity contribution in [1.29, 1.82) is 0 Å². The number of carboxylic acids is 2. The van der Waals surface area contributed by atoms with Gasteiger partial charge in [0.2, 0.25) is 0 Å². The van der Waals surface area contributed by atoms with Gasteiger partial charge in [-0.05, 0) is 25.2 Å². The zero-order valence-electron chi connectivity index (χ0n) is 8.01. The zero-order chi connectivity index (χ0) is 11.8. The Morgan fingerprint density at radius 2 is 1.60 bits per heavy atom. The molecular formula is C10H10O5. The first-order valence-electron chi connectivity index (χ1n) is 3.96. The lowest BCUT2D eigenvalue weighted by molar-refractivity contribution is -0.132. The summed E-state index contributed by atoms with van der Waals surface area (Å²) in [5.74, 6) is -2.73. The lowest BCUT2D eigenvalue weighted by Gasteiger charge is -1.90. The van der Waals surface area contributed by atoms with E-state index in [-0.39, 0.29) is 11.4 Å². The van der Waals surface area contributed by atoms with Crippen molar-refractivity contribution in [3.63, 3.8) is 0 Å². The molecule has 0 heterocycles. The van der Waals surface area contributed by atoms with Crippen LogP contribution in [0.1, 0.15) is 6.92 Å². The summed E-state index contributed by atoms with van der Waals surface area (Å²) in [5.41, 5.74) is -0.213. The Balaban J connectivity index is 4.74. The molecule has 0 saturated heterocycles. The van der Waals surface area contributed by atoms with Crippen molar-refractivity contribution in [1.82, 2.24) is 0 Å². The van der Waals surface area contributed by atoms with Gasteiger partial charge in [0.1, 0.15) is 0 Å². The second kappa shape index (κ2) is 6.31. The lowest BCUT2D eigenvalue weighted by atomic mass is 10.2. The van der Waals surface area contributed by atoms with Gasteiger partial charge in [0.25, 0.3) is 0 Å². The first-order valence-corrected chi connectivity index (χ1v) is 3.96. The molecule has 0 amide bonds. The monoisotopic (exact) mass is 210 g/mol. The van der Waals surface area contributed by atoms with Crippen molar-refractivity contribution in [2.75, 3.05) is 0 Å². The van der Waals surface area contributed by atoms with Crippen LogP contribution in [0.25, 0.3) is 0 Å². The first kappa shape index (κ1) is 12.8. The molecule has 5 nitrogen and oxygen atoms in total. The van der Waals surface area contributed by atoms with E-state index >= 15 is 0 Å². The summed E-state index contributed by atoms with van der Waals surface area (Å²) >= 11 is 0. The summed E-state index contributed by atoms with van der Waals surface area (Å²) in [4.78, 5) is 31.2. The van der Waals surface area contributed by atoms with Gasteiger partial charge in [-0.15, -0.1) is 0 Å². The van der Waals surface area contributed by atoms with Crippen molar-refractivity contribution in [3.05, 3.63) is 36.0 Å². The van der Waals surface area contributed by atoms with Gasteiger partial charge in [-0.2, -0.15) is 0 Å². The third-order valence-corrected chi connectivity index (χ3v) is 1.26. The third kappa shape index (κ3) is 6.94. The smallest absolute Gasteiger partial charge is 0.335 e. The van der Waals surface area contributed by atoms with E-state index in [4.69, 9.17) is 10.2 Å². The molecular weight excluding hydrogens is 200 g/mol. The fraction of sp³-hybridized carbons (Fsp3) is 0.100. The first-order chi connectivity index (χ1) is 6.93. The summed E-state index contributed by atoms with van der Waals surface area (Å²) in [6.07, 6.45) is 5.22. The molecule has 0 spiro atoms. The van der Waals surface area contributed by atoms with Gasteiger partial charge in [0, 0.05) is 6.08 Å². The Morgan fingerprint density at radius 3 is 2.00 bits per heavy atom. The summed E-state index contributed by atoms with van der Waals surface area (Å²) in [5, 5.41) is 16.9. The van der Waals surface area contributed by atoms with Gasteiger partial charge in [-0.1, -0.05) is 6.08 Å². The van der Waals surface area contributed by atoms with Gasteiger partial charge in [0.15, 0.2) is 5.78 Å². The molecule has 0 aliphatic rings. The third-order valence-electron chi connectivity index (χ3n) is 1.26. The number of aliphatic carboxylic acids is 2. The van der Waals surface area contributed by atoms with Crippen LogP contribution >= 0.6 is 0 Å². The molecule has 0 aliphatic carbocycles. The van der Waals surface area contributed by atoms with E-state index in [2.05, 4.69) is 0 Å². The van der Waals surface area contributed by atoms with Crippen molar-refractivity contribution in [2.45, 2.75) is 6.92 Å². The van der Waals surface area contributed by atoms with E-state index in [1.165, 1.54) is 19.1 Å². The Bertz CT molecular complexity index is 360. The van der Waals surface area contributed by atoms with Gasteiger partial charge in [0.05, 0.1) is 5.57 Å². The number of carboxylic acid groups (broad SMARTS) is 2. The quantitative estimate of drug-likeness (QED) is 0.516. The molecule has 0 aromatic rings. The van der Waals surface area contributed by atoms with Crippen molar-refractivity contribution in [2.24, 2.45) is 0 Å². The summed E-state index contributed by atoms with van der Waals surface area (Å²) in [7, 11) is 0. The molecule has 0 unspecified atom stereocenters. The van der Waals surface area contributed by atoms with Crippen LogP contribution in [0.2, 0.25) is 0 Å². The van der Waals surface area contributed by atoms with Gasteiger partial charge in [-0.25, -0.2) is 9.59 Å². The summed E-state index contributed by atoms with van der Waals surface area (Å²) < 4.78 is 0. The maximum atomic E-state index is 10.6. The highest BCUT2D eigenvalue weighted by molar-refractivity contribution is 5.93. The van der Waals surface area contributed by atoms with Gasteiger partial charge in [-0.3, -0.25) is 4.79 Å². The van der Waals surface area contributed by atoms with Crippen LogP contribution in [0.4, 0.5) is 0 Å². The molecule has 0 atom stereocenters. The second-order valence-corrected chi connectivity index (χ2v) is 2.57. The fourth-order valence-corrected chi connectivity index (χ4v) is 0.646. The van der Waals surface area contributed by atoms with Crippen LogP contribution in [-0.4, -0.2) is 27.9 Å². The number of hydrogen-bond acceptors (Lipinski definition) is 3. The molecule has 80 valence electrons. The molecule has 0 fully saturated rings. The predicted octanol–water partition coefficient (Wildman–Crippen LogP) is 0.783. The van der Waals surface area contributed by atoms with E-state index in [1.807, 2.05) is 0 Å². The van der Waals surface area contributed by atoms with E-state index in [1.54, 1.807) is 0 Å². The standard InChI is InChI=1S/C10H10O5/c1-7(11)3-2-4-8(10(14)15)5-6-9(12)13/h2-6H,1H3,(H,12,13)(H,14,15). The van der Waals surface area contributed by atoms with Crippen molar-refractivity contribution >= 4 is 17.7 Å². The largest absolute Gasteiger partial charge is 0.478 e. The fourth-order valence-electron chi connectivity index (χ4n) is 0.646. The molecule has 5 heteroatoms. The zero-order valence-corrected chi connectivity index (χ0v) is 8.01. The normalized spacial score (nSPS) is 12.2. The van der Waals surface area contributed by atoms with E-state index in [0.29, 0.717) is 6.08 Å². The Morgan fingerprint density at radius 1 is 1.00 bits per heavy atom. The van der Waals surface area contributed by atoms with Crippen LogP contribution in [0.3, 0.4) is 0 Å². The summed E-state index contributed by atoms with van der Waals surface area (Å²) in [6, 6.07) is 0. The maximum absolute atomic E-state index is 10.6. The average molecular weight is 210 g/mol. The number of rotatable bonds is 5. The van der Waals surface area contributed by atoms with E-state index < -0.39 is 11.9 Å². The van der Waals surface area contributed by atoms with Crippen molar-refractivity contribution in [3.8, 4) is 0 Å². The highest BCUT2D eigenvalue weighted by Crippen LogP contribution is 1.98. The number of ketones is 1. The number of allylic oxidation sites excluding steroid dienone is 3. The Hall–Kier alpha value is -2.17. The SMILES string of the molecule is CC(=O)C=CC=C(C=CC(=O)O)C(=O)O. The lowest BCUT2D eigenvalue weighted by Crippen LogP contribution is -1.98. The Labute approximate surface area is 86.0 Å². The Kier molecular flexibility index (Phi) is 5.40. The molecule has 0 rings (SSSR count). The molecule has 2 N–H and O–H groups in total. The van der Waals surface area contributed by atoms with Crippen LogP contribution in [0.15, 0.2) is 36.0 Å². The topological polar surface area (TPSA) is 91.7 Å². The predicted molar refractivity (Wildman–Crippen MR) is 52.3 cm³/mol. The molecule has 0 aromatic heterocycles. The van der Waals surface area contributed by atoms with Crippen LogP contribution in [0.5, 0.6) is 0 Å². The minimum atomic E-state index is -1.26. The van der Waals surface area contributed by atoms with Crippen LogP contribution < -0.4 is 0 Å². The van der Waals surface area contributed by atoms with E-state index in [0.717, 1.165) is 12.2 Å². The molecule has 0 radical (unpaired) electrons. The van der Waals surface area contributed by atoms with Crippen LogP contribution in [0, 0.1) is 0 Å². The minimum Gasteiger partial charge on any atom is -0.478 e. The molecule has 0 bridgehead atoms. The average Bonchev–Trinajstić information content (AvgIpc) is 2.09. The molecule has 15 heavy (non-hydrogen) atoms. The van der Waals surface area contributed by atoms with Crippen LogP contribution in [-0.2, 0) is 14.4 Å². The summed E-state index contributed by atoms with van der Waals surface area (Å²) in [6.45, 7) is 1.32. The van der Waals surface area contributed by atoms with E-state index in [9.17, 15) is 14.4 Å². The number of carbonyl (C=O) groups is 3. The highest BCUT2D eigenvalue weighted by atomic mass is 16.4. The van der Waals surface area contributed by atoms with Gasteiger partial charge >= 0.3 is 11.9 Å².